The first-order valence-corrected chi connectivity index (χ1v) is 6.42. The van der Waals surface area contributed by atoms with Crippen LogP contribution in [0.5, 0.6) is 0 Å². The van der Waals surface area contributed by atoms with Gasteiger partial charge in [-0.05, 0) is 36.6 Å². The molecule has 18 heavy (non-hydrogen) atoms. The van der Waals surface area contributed by atoms with Crippen LogP contribution in [0.25, 0.3) is 0 Å². The standard InChI is InChI=1S/C13H13ClN2O2/c14-9-1-3-11-8(7-9)5-6-16(11)13(18)10-2-4-12(17)15-10/h1,3,7,10H,2,4-6H2,(H,15,17). The molecule has 0 aliphatic carbocycles. The fraction of sp³-hybridized carbons (Fsp3) is 0.385. The Hall–Kier alpha value is -1.55. The molecule has 5 heteroatoms. The van der Waals surface area contributed by atoms with Crippen molar-refractivity contribution in [3.63, 3.8) is 0 Å². The van der Waals surface area contributed by atoms with Gasteiger partial charge in [-0.15, -0.1) is 0 Å². The first-order valence-electron chi connectivity index (χ1n) is 6.04. The smallest absolute Gasteiger partial charge is 0.249 e. The molecule has 3 rings (SSSR count). The van der Waals surface area contributed by atoms with Gasteiger partial charge in [0.15, 0.2) is 0 Å². The topological polar surface area (TPSA) is 49.4 Å². The van der Waals surface area contributed by atoms with E-state index in [1.54, 1.807) is 11.0 Å². The molecule has 0 aromatic heterocycles. The van der Waals surface area contributed by atoms with Gasteiger partial charge in [-0.1, -0.05) is 11.6 Å². The second-order valence-electron chi connectivity index (χ2n) is 4.67. The molecular formula is C13H13ClN2O2. The Bertz CT molecular complexity index is 530. The Labute approximate surface area is 110 Å². The molecule has 0 radical (unpaired) electrons. The molecule has 1 fully saturated rings. The normalized spacial score (nSPS) is 21.9. The molecule has 2 amide bonds. The van der Waals surface area contributed by atoms with E-state index >= 15 is 0 Å². The SMILES string of the molecule is O=C1CCC(C(=O)N2CCc3cc(Cl)ccc32)N1. The lowest BCUT2D eigenvalue weighted by Crippen LogP contribution is -2.43. The van der Waals surface area contributed by atoms with Crippen molar-refractivity contribution in [3.8, 4) is 0 Å². The molecule has 4 nitrogen and oxygen atoms in total. The summed E-state index contributed by atoms with van der Waals surface area (Å²) >= 11 is 5.94. The summed E-state index contributed by atoms with van der Waals surface area (Å²) in [7, 11) is 0. The second kappa shape index (κ2) is 4.28. The zero-order chi connectivity index (χ0) is 12.7. The summed E-state index contributed by atoms with van der Waals surface area (Å²) in [5, 5.41) is 3.41. The van der Waals surface area contributed by atoms with Crippen LogP contribution >= 0.6 is 11.6 Å². The molecule has 0 bridgehead atoms. The van der Waals surface area contributed by atoms with Crippen LogP contribution in [0.4, 0.5) is 5.69 Å². The highest BCUT2D eigenvalue weighted by Gasteiger charge is 2.34. The highest BCUT2D eigenvalue weighted by molar-refractivity contribution is 6.30. The Balaban J connectivity index is 1.83. The maximum Gasteiger partial charge on any atom is 0.249 e. The van der Waals surface area contributed by atoms with Crippen molar-refractivity contribution in [2.24, 2.45) is 0 Å². The molecule has 1 unspecified atom stereocenters. The van der Waals surface area contributed by atoms with E-state index in [1.807, 2.05) is 12.1 Å². The third-order valence-electron chi connectivity index (χ3n) is 3.50. The Morgan fingerprint density at radius 3 is 2.94 bits per heavy atom. The number of halogens is 1. The molecular weight excluding hydrogens is 252 g/mol. The fourth-order valence-electron chi connectivity index (χ4n) is 2.59. The summed E-state index contributed by atoms with van der Waals surface area (Å²) in [6.07, 6.45) is 1.86. The summed E-state index contributed by atoms with van der Waals surface area (Å²) < 4.78 is 0. The third kappa shape index (κ3) is 1.86. The van der Waals surface area contributed by atoms with E-state index in [0.29, 0.717) is 24.4 Å². The van der Waals surface area contributed by atoms with Crippen LogP contribution in [0.1, 0.15) is 18.4 Å². The maximum atomic E-state index is 12.3. The van der Waals surface area contributed by atoms with E-state index in [0.717, 1.165) is 17.7 Å². The maximum absolute atomic E-state index is 12.3. The average molecular weight is 265 g/mol. The van der Waals surface area contributed by atoms with Crippen molar-refractivity contribution >= 4 is 29.1 Å². The average Bonchev–Trinajstić information content (AvgIpc) is 2.94. The number of hydrogen-bond acceptors (Lipinski definition) is 2. The Morgan fingerprint density at radius 1 is 1.39 bits per heavy atom. The van der Waals surface area contributed by atoms with Crippen molar-refractivity contribution < 1.29 is 9.59 Å². The summed E-state index contributed by atoms with van der Waals surface area (Å²) in [5.74, 6) is -0.0502. The number of amides is 2. The molecule has 1 atom stereocenters. The zero-order valence-electron chi connectivity index (χ0n) is 9.78. The molecule has 94 valence electrons. The highest BCUT2D eigenvalue weighted by Crippen LogP contribution is 2.31. The summed E-state index contributed by atoms with van der Waals surface area (Å²) in [6, 6.07) is 5.20. The molecule has 1 saturated heterocycles. The summed E-state index contributed by atoms with van der Waals surface area (Å²) in [6.45, 7) is 0.668. The zero-order valence-corrected chi connectivity index (χ0v) is 10.5. The molecule has 2 heterocycles. The van der Waals surface area contributed by atoms with Crippen LogP contribution in [0.3, 0.4) is 0 Å². The number of carbonyl (C=O) groups is 2. The number of nitrogens with one attached hydrogen (secondary N) is 1. The van der Waals surface area contributed by atoms with E-state index < -0.39 is 0 Å². The van der Waals surface area contributed by atoms with E-state index in [4.69, 9.17) is 11.6 Å². The number of anilines is 1. The number of carbonyl (C=O) groups excluding carboxylic acids is 2. The predicted molar refractivity (Wildman–Crippen MR) is 68.7 cm³/mol. The lowest BCUT2D eigenvalue weighted by Gasteiger charge is -2.21. The third-order valence-corrected chi connectivity index (χ3v) is 3.73. The fourth-order valence-corrected chi connectivity index (χ4v) is 2.78. The molecule has 0 spiro atoms. The van der Waals surface area contributed by atoms with Crippen molar-refractivity contribution in [1.29, 1.82) is 0 Å². The van der Waals surface area contributed by atoms with Gasteiger partial charge in [0.25, 0.3) is 0 Å². The number of hydrogen-bond donors (Lipinski definition) is 1. The van der Waals surface area contributed by atoms with Gasteiger partial charge >= 0.3 is 0 Å². The molecule has 2 aliphatic heterocycles. The number of nitrogens with zero attached hydrogens (tertiary/aromatic N) is 1. The van der Waals surface area contributed by atoms with Crippen LogP contribution in [0.2, 0.25) is 5.02 Å². The van der Waals surface area contributed by atoms with Gasteiger partial charge in [-0.25, -0.2) is 0 Å². The van der Waals surface area contributed by atoms with E-state index in [1.165, 1.54) is 0 Å². The number of fused-ring (bicyclic) bond motifs is 1. The molecule has 1 aromatic carbocycles. The lowest BCUT2D eigenvalue weighted by molar-refractivity contribution is -0.124. The summed E-state index contributed by atoms with van der Waals surface area (Å²) in [4.78, 5) is 25.2. The van der Waals surface area contributed by atoms with Crippen LogP contribution in [-0.4, -0.2) is 24.4 Å². The second-order valence-corrected chi connectivity index (χ2v) is 5.11. The molecule has 1 N–H and O–H groups in total. The Morgan fingerprint density at radius 2 is 2.22 bits per heavy atom. The number of benzene rings is 1. The molecule has 0 saturated carbocycles. The van der Waals surface area contributed by atoms with Crippen molar-refractivity contribution in [1.82, 2.24) is 5.32 Å². The molecule has 2 aliphatic rings. The van der Waals surface area contributed by atoms with Gasteiger partial charge < -0.3 is 10.2 Å². The van der Waals surface area contributed by atoms with Crippen molar-refractivity contribution in [3.05, 3.63) is 28.8 Å². The van der Waals surface area contributed by atoms with Crippen molar-refractivity contribution in [2.75, 3.05) is 11.4 Å². The van der Waals surface area contributed by atoms with Crippen LogP contribution < -0.4 is 10.2 Å². The van der Waals surface area contributed by atoms with Gasteiger partial charge in [0.1, 0.15) is 6.04 Å². The minimum atomic E-state index is -0.362. The van der Waals surface area contributed by atoms with Crippen LogP contribution in [0.15, 0.2) is 18.2 Å². The minimum Gasteiger partial charge on any atom is -0.344 e. The van der Waals surface area contributed by atoms with Gasteiger partial charge in [0, 0.05) is 23.7 Å². The van der Waals surface area contributed by atoms with Crippen molar-refractivity contribution in [2.45, 2.75) is 25.3 Å². The van der Waals surface area contributed by atoms with E-state index in [9.17, 15) is 9.59 Å². The highest BCUT2D eigenvalue weighted by atomic mass is 35.5. The van der Waals surface area contributed by atoms with E-state index in [2.05, 4.69) is 5.32 Å². The first kappa shape index (κ1) is 11.5. The largest absolute Gasteiger partial charge is 0.344 e. The van der Waals surface area contributed by atoms with Gasteiger partial charge in [-0.3, -0.25) is 9.59 Å². The minimum absolute atomic E-state index is 0.0121. The van der Waals surface area contributed by atoms with E-state index in [-0.39, 0.29) is 17.9 Å². The lowest BCUT2D eigenvalue weighted by atomic mass is 10.1. The van der Waals surface area contributed by atoms with Crippen LogP contribution in [0, 0.1) is 0 Å². The molecule has 1 aromatic rings. The first-order chi connectivity index (χ1) is 8.65. The Kier molecular flexibility index (Phi) is 2.74. The predicted octanol–water partition coefficient (Wildman–Crippen LogP) is 1.51. The number of rotatable bonds is 1. The van der Waals surface area contributed by atoms with Gasteiger partial charge in [0.05, 0.1) is 0 Å². The van der Waals surface area contributed by atoms with Crippen LogP contribution in [-0.2, 0) is 16.0 Å². The van der Waals surface area contributed by atoms with Gasteiger partial charge in [0.2, 0.25) is 11.8 Å². The quantitative estimate of drug-likeness (QED) is 0.836. The van der Waals surface area contributed by atoms with Gasteiger partial charge in [-0.2, -0.15) is 0 Å². The summed E-state index contributed by atoms with van der Waals surface area (Å²) in [5.41, 5.74) is 2.02. The monoisotopic (exact) mass is 264 g/mol.